The maximum atomic E-state index is 11.1. The third kappa shape index (κ3) is 4.01. The van der Waals surface area contributed by atoms with Crippen molar-refractivity contribution >= 4 is 6.16 Å². The Morgan fingerprint density at radius 1 is 1.38 bits per heavy atom. The van der Waals surface area contributed by atoms with Gasteiger partial charge in [0.05, 0.1) is 18.2 Å². The van der Waals surface area contributed by atoms with Gasteiger partial charge < -0.3 is 9.47 Å². The lowest BCUT2D eigenvalue weighted by atomic mass is 10.2. The smallest absolute Gasteiger partial charge is 0.434 e. The summed E-state index contributed by atoms with van der Waals surface area (Å²) >= 11 is 0. The molecule has 0 aliphatic carbocycles. The van der Waals surface area contributed by atoms with Crippen LogP contribution in [0, 0.1) is 11.3 Å². The van der Waals surface area contributed by atoms with E-state index in [0.29, 0.717) is 17.9 Å². The highest BCUT2D eigenvalue weighted by Gasteiger charge is 2.05. The van der Waals surface area contributed by atoms with E-state index in [1.54, 1.807) is 24.3 Å². The molecule has 0 aliphatic heterocycles. The summed E-state index contributed by atoms with van der Waals surface area (Å²) in [6.07, 6.45) is 1.07. The van der Waals surface area contributed by atoms with Crippen molar-refractivity contribution in [2.75, 3.05) is 6.61 Å². The molecule has 1 rings (SSSR count). The summed E-state index contributed by atoms with van der Waals surface area (Å²) in [5.74, 6) is 0.375. The van der Waals surface area contributed by atoms with E-state index >= 15 is 0 Å². The molecule has 4 heteroatoms. The number of hydrogen-bond donors (Lipinski definition) is 0. The molecule has 1 aromatic rings. The van der Waals surface area contributed by atoms with Crippen molar-refractivity contribution in [3.8, 4) is 11.8 Å². The first-order valence-electron chi connectivity index (χ1n) is 5.11. The SMILES string of the molecule is CCCCOC(=O)Oc1ccc(C#N)cc1. The number of benzene rings is 1. The third-order valence-corrected chi connectivity index (χ3v) is 1.90. The Labute approximate surface area is 94.4 Å². The number of nitrogens with zero attached hydrogens (tertiary/aromatic N) is 1. The van der Waals surface area contributed by atoms with E-state index in [-0.39, 0.29) is 0 Å². The third-order valence-electron chi connectivity index (χ3n) is 1.90. The van der Waals surface area contributed by atoms with Gasteiger partial charge in [0.2, 0.25) is 0 Å². The van der Waals surface area contributed by atoms with Gasteiger partial charge in [-0.2, -0.15) is 5.26 Å². The molecule has 0 spiro atoms. The highest BCUT2D eigenvalue weighted by atomic mass is 16.7. The summed E-state index contributed by atoms with van der Waals surface area (Å²) in [5.41, 5.74) is 0.520. The van der Waals surface area contributed by atoms with Gasteiger partial charge in [-0.1, -0.05) is 13.3 Å². The summed E-state index contributed by atoms with van der Waals surface area (Å²) < 4.78 is 9.71. The number of rotatable bonds is 4. The van der Waals surface area contributed by atoms with Gasteiger partial charge in [0, 0.05) is 0 Å². The monoisotopic (exact) mass is 219 g/mol. The average Bonchev–Trinajstić information content (AvgIpc) is 2.30. The van der Waals surface area contributed by atoms with Gasteiger partial charge in [0.15, 0.2) is 0 Å². The molecule has 84 valence electrons. The fourth-order valence-electron chi connectivity index (χ4n) is 1.02. The first kappa shape index (κ1) is 12.1. The van der Waals surface area contributed by atoms with E-state index in [0.717, 1.165) is 12.8 Å². The molecule has 16 heavy (non-hydrogen) atoms. The summed E-state index contributed by atoms with van der Waals surface area (Å²) in [4.78, 5) is 11.1. The molecular formula is C12H13NO3. The Kier molecular flexibility index (Phi) is 4.87. The molecule has 0 atom stereocenters. The Hall–Kier alpha value is -2.02. The van der Waals surface area contributed by atoms with Crippen LogP contribution in [0.15, 0.2) is 24.3 Å². The van der Waals surface area contributed by atoms with E-state index in [1.165, 1.54) is 0 Å². The molecule has 0 heterocycles. The van der Waals surface area contributed by atoms with Gasteiger partial charge in [-0.25, -0.2) is 4.79 Å². The van der Waals surface area contributed by atoms with Crippen LogP contribution >= 0.6 is 0 Å². The second-order valence-corrected chi connectivity index (χ2v) is 3.19. The zero-order valence-corrected chi connectivity index (χ0v) is 9.10. The molecule has 1 aromatic carbocycles. The first-order chi connectivity index (χ1) is 7.76. The minimum atomic E-state index is -0.710. The van der Waals surface area contributed by atoms with E-state index in [1.807, 2.05) is 13.0 Å². The van der Waals surface area contributed by atoms with E-state index in [2.05, 4.69) is 0 Å². The quantitative estimate of drug-likeness (QED) is 0.444. The molecule has 0 amide bonds. The van der Waals surface area contributed by atoms with Gasteiger partial charge in [-0.05, 0) is 30.7 Å². The van der Waals surface area contributed by atoms with E-state index < -0.39 is 6.16 Å². The van der Waals surface area contributed by atoms with Crippen LogP contribution in [0.3, 0.4) is 0 Å². The van der Waals surface area contributed by atoms with Crippen LogP contribution in [-0.2, 0) is 4.74 Å². The molecular weight excluding hydrogens is 206 g/mol. The molecule has 0 aliphatic rings. The Balaban J connectivity index is 2.41. The molecule has 0 saturated carbocycles. The number of unbranched alkanes of at least 4 members (excludes halogenated alkanes) is 1. The lowest BCUT2D eigenvalue weighted by Gasteiger charge is -2.04. The van der Waals surface area contributed by atoms with Gasteiger partial charge in [0.1, 0.15) is 5.75 Å². The van der Waals surface area contributed by atoms with Crippen molar-refractivity contribution in [3.05, 3.63) is 29.8 Å². The maximum Gasteiger partial charge on any atom is 0.513 e. The normalized spacial score (nSPS) is 9.25. The van der Waals surface area contributed by atoms with Crippen molar-refractivity contribution < 1.29 is 14.3 Å². The minimum absolute atomic E-state index is 0.367. The molecule has 0 radical (unpaired) electrons. The molecule has 0 saturated heterocycles. The predicted octanol–water partition coefficient (Wildman–Crippen LogP) is 2.87. The van der Waals surface area contributed by atoms with Crippen LogP contribution in [0.5, 0.6) is 5.75 Å². The number of nitriles is 1. The summed E-state index contributed by atoms with van der Waals surface area (Å²) in [5, 5.41) is 8.57. The van der Waals surface area contributed by atoms with Crippen molar-refractivity contribution in [2.45, 2.75) is 19.8 Å². The number of carbonyl (C=O) groups excluding carboxylic acids is 1. The highest BCUT2D eigenvalue weighted by Crippen LogP contribution is 2.12. The Morgan fingerprint density at radius 2 is 2.06 bits per heavy atom. The summed E-state index contributed by atoms with van der Waals surface area (Å²) in [6.45, 7) is 2.38. The number of hydrogen-bond acceptors (Lipinski definition) is 4. The van der Waals surface area contributed by atoms with Crippen molar-refractivity contribution in [3.63, 3.8) is 0 Å². The highest BCUT2D eigenvalue weighted by molar-refractivity contribution is 5.63. The predicted molar refractivity (Wildman–Crippen MR) is 58.0 cm³/mol. The molecule has 0 fully saturated rings. The van der Waals surface area contributed by atoms with Crippen molar-refractivity contribution in [2.24, 2.45) is 0 Å². The average molecular weight is 219 g/mol. The van der Waals surface area contributed by atoms with Crippen LogP contribution in [0.25, 0.3) is 0 Å². The standard InChI is InChI=1S/C12H13NO3/c1-2-3-8-15-12(14)16-11-6-4-10(9-13)5-7-11/h4-7H,2-3,8H2,1H3. The summed E-state index contributed by atoms with van der Waals surface area (Å²) in [7, 11) is 0. The van der Waals surface area contributed by atoms with Crippen LogP contribution in [0.1, 0.15) is 25.3 Å². The zero-order chi connectivity index (χ0) is 11.8. The molecule has 0 N–H and O–H groups in total. The zero-order valence-electron chi connectivity index (χ0n) is 9.10. The van der Waals surface area contributed by atoms with E-state index in [4.69, 9.17) is 14.7 Å². The number of carbonyl (C=O) groups is 1. The molecule has 0 unspecified atom stereocenters. The fourth-order valence-corrected chi connectivity index (χ4v) is 1.02. The largest absolute Gasteiger partial charge is 0.513 e. The lowest BCUT2D eigenvalue weighted by molar-refractivity contribution is 0.0978. The van der Waals surface area contributed by atoms with Gasteiger partial charge in [-0.3, -0.25) is 0 Å². The number of ether oxygens (including phenoxy) is 2. The second-order valence-electron chi connectivity index (χ2n) is 3.19. The van der Waals surface area contributed by atoms with Crippen LogP contribution in [0.2, 0.25) is 0 Å². The van der Waals surface area contributed by atoms with Crippen LogP contribution in [-0.4, -0.2) is 12.8 Å². The topological polar surface area (TPSA) is 59.3 Å². The second kappa shape index (κ2) is 6.46. The maximum absolute atomic E-state index is 11.1. The molecule has 0 bridgehead atoms. The van der Waals surface area contributed by atoms with Gasteiger partial charge >= 0.3 is 6.16 Å². The van der Waals surface area contributed by atoms with Gasteiger partial charge in [0.25, 0.3) is 0 Å². The lowest BCUT2D eigenvalue weighted by Crippen LogP contribution is -2.11. The minimum Gasteiger partial charge on any atom is -0.434 e. The first-order valence-corrected chi connectivity index (χ1v) is 5.11. The molecule has 4 nitrogen and oxygen atoms in total. The van der Waals surface area contributed by atoms with Crippen LogP contribution in [0.4, 0.5) is 4.79 Å². The van der Waals surface area contributed by atoms with E-state index in [9.17, 15) is 4.79 Å². The Bertz CT molecular complexity index is 378. The Morgan fingerprint density at radius 3 is 2.62 bits per heavy atom. The fraction of sp³-hybridized carbons (Fsp3) is 0.333. The van der Waals surface area contributed by atoms with Gasteiger partial charge in [-0.15, -0.1) is 0 Å². The van der Waals surface area contributed by atoms with Crippen molar-refractivity contribution in [1.82, 2.24) is 0 Å². The van der Waals surface area contributed by atoms with Crippen LogP contribution < -0.4 is 4.74 Å². The summed E-state index contributed by atoms with van der Waals surface area (Å²) in [6, 6.07) is 8.24. The molecule has 0 aromatic heterocycles. The van der Waals surface area contributed by atoms with Crippen molar-refractivity contribution in [1.29, 1.82) is 5.26 Å².